The van der Waals surface area contributed by atoms with Gasteiger partial charge in [0.25, 0.3) is 0 Å². The third-order valence-electron chi connectivity index (χ3n) is 2.54. The van der Waals surface area contributed by atoms with Crippen LogP contribution in [0.5, 0.6) is 0 Å². The van der Waals surface area contributed by atoms with Crippen molar-refractivity contribution in [2.24, 2.45) is 5.41 Å². The van der Waals surface area contributed by atoms with Gasteiger partial charge in [-0.25, -0.2) is 0 Å². The van der Waals surface area contributed by atoms with E-state index in [-0.39, 0.29) is 10.5 Å². The van der Waals surface area contributed by atoms with Gasteiger partial charge in [0.1, 0.15) is 0 Å². The zero-order chi connectivity index (χ0) is 13.8. The highest BCUT2D eigenvalue weighted by atomic mass is 32.2. The summed E-state index contributed by atoms with van der Waals surface area (Å²) in [5, 5.41) is 0.638. The molecular weight excluding hydrogens is 240 g/mol. The van der Waals surface area contributed by atoms with Gasteiger partial charge in [-0.1, -0.05) is 70.6 Å². The van der Waals surface area contributed by atoms with Crippen LogP contribution in [-0.4, -0.2) is 10.4 Å². The summed E-state index contributed by atoms with van der Waals surface area (Å²) in [6.45, 7) is 10.8. The molecule has 0 N–H and O–H groups in total. The minimum absolute atomic E-state index is 0.254. The third kappa shape index (κ3) is 5.72. The van der Waals surface area contributed by atoms with Gasteiger partial charge in [-0.15, -0.1) is 0 Å². The largest absolute Gasteiger partial charge is 0.287 e. The van der Waals surface area contributed by atoms with Gasteiger partial charge in [-0.2, -0.15) is 0 Å². The van der Waals surface area contributed by atoms with Gasteiger partial charge >= 0.3 is 0 Å². The fraction of sp³-hybridized carbons (Fsp3) is 0.562. The summed E-state index contributed by atoms with van der Waals surface area (Å²) in [6.07, 6.45) is 1.57. The number of benzene rings is 1. The van der Waals surface area contributed by atoms with Crippen LogP contribution in [0.25, 0.3) is 0 Å². The monoisotopic (exact) mass is 264 g/mol. The number of rotatable bonds is 4. The van der Waals surface area contributed by atoms with Crippen LogP contribution in [0, 0.1) is 5.41 Å². The Morgan fingerprint density at radius 3 is 2.22 bits per heavy atom. The first-order chi connectivity index (χ1) is 8.28. The molecule has 0 aliphatic heterocycles. The summed E-state index contributed by atoms with van der Waals surface area (Å²) in [5.74, 6) is 0. The summed E-state index contributed by atoms with van der Waals surface area (Å²) in [6, 6.07) is 8.31. The van der Waals surface area contributed by atoms with Crippen molar-refractivity contribution >= 4 is 16.9 Å². The maximum absolute atomic E-state index is 11.9. The fourth-order valence-corrected chi connectivity index (χ4v) is 2.70. The molecule has 0 amide bonds. The third-order valence-corrected chi connectivity index (χ3v) is 3.42. The van der Waals surface area contributed by atoms with Crippen molar-refractivity contribution < 1.29 is 4.79 Å². The van der Waals surface area contributed by atoms with E-state index in [0.717, 1.165) is 6.42 Å². The standard InChI is InChI=1S/C16H24OS/c1-12(2)18-15(17)10-13-8-6-7-9-14(13)11-16(3,4)5/h6-9,12H,10-11H2,1-5H3. The average molecular weight is 264 g/mol. The number of carbonyl (C=O) groups is 1. The minimum atomic E-state index is 0.254. The van der Waals surface area contributed by atoms with E-state index in [2.05, 4.69) is 52.8 Å². The Morgan fingerprint density at radius 2 is 1.72 bits per heavy atom. The maximum atomic E-state index is 11.9. The Kier molecular flexibility index (Phi) is 5.46. The summed E-state index contributed by atoms with van der Waals surface area (Å²) in [5.41, 5.74) is 2.75. The van der Waals surface area contributed by atoms with Crippen molar-refractivity contribution in [1.82, 2.24) is 0 Å². The van der Waals surface area contributed by atoms with Crippen LogP contribution < -0.4 is 0 Å². The van der Waals surface area contributed by atoms with E-state index in [9.17, 15) is 4.79 Å². The van der Waals surface area contributed by atoms with Crippen LogP contribution in [0.3, 0.4) is 0 Å². The SMILES string of the molecule is CC(C)SC(=O)Cc1ccccc1CC(C)(C)C. The van der Waals surface area contributed by atoms with Gasteiger partial charge in [0, 0.05) is 11.7 Å². The van der Waals surface area contributed by atoms with Gasteiger partial charge in [-0.05, 0) is 23.0 Å². The van der Waals surface area contributed by atoms with Crippen molar-refractivity contribution in [2.45, 2.75) is 52.7 Å². The molecule has 0 aliphatic carbocycles. The number of thioether (sulfide) groups is 1. The van der Waals surface area contributed by atoms with Gasteiger partial charge in [0.15, 0.2) is 5.12 Å². The van der Waals surface area contributed by atoms with Crippen LogP contribution >= 0.6 is 11.8 Å². The number of hydrogen-bond acceptors (Lipinski definition) is 2. The second kappa shape index (κ2) is 6.42. The summed E-state index contributed by atoms with van der Waals surface area (Å²) in [7, 11) is 0. The van der Waals surface area contributed by atoms with Crippen LogP contribution in [-0.2, 0) is 17.6 Å². The molecule has 0 saturated carbocycles. The molecule has 0 radical (unpaired) electrons. The van der Waals surface area contributed by atoms with Crippen molar-refractivity contribution in [1.29, 1.82) is 0 Å². The van der Waals surface area contributed by atoms with Gasteiger partial charge in [0.05, 0.1) is 0 Å². The number of carbonyl (C=O) groups excluding carboxylic acids is 1. The molecule has 0 aromatic heterocycles. The van der Waals surface area contributed by atoms with E-state index < -0.39 is 0 Å². The first-order valence-electron chi connectivity index (χ1n) is 6.54. The highest BCUT2D eigenvalue weighted by Gasteiger charge is 2.15. The first kappa shape index (κ1) is 15.3. The molecule has 0 fully saturated rings. The molecule has 1 nitrogen and oxygen atoms in total. The van der Waals surface area contributed by atoms with Crippen molar-refractivity contribution in [3.05, 3.63) is 35.4 Å². The summed E-state index contributed by atoms with van der Waals surface area (Å²) >= 11 is 1.44. The predicted molar refractivity (Wildman–Crippen MR) is 81.0 cm³/mol. The number of hydrogen-bond donors (Lipinski definition) is 0. The van der Waals surface area contributed by atoms with E-state index in [1.165, 1.54) is 22.9 Å². The van der Waals surface area contributed by atoms with Gasteiger partial charge in [-0.3, -0.25) is 4.79 Å². The maximum Gasteiger partial charge on any atom is 0.193 e. The first-order valence-corrected chi connectivity index (χ1v) is 7.42. The lowest BCUT2D eigenvalue weighted by Crippen LogP contribution is -2.12. The van der Waals surface area contributed by atoms with Crippen LogP contribution in [0.15, 0.2) is 24.3 Å². The molecule has 0 heterocycles. The normalized spacial score (nSPS) is 11.9. The van der Waals surface area contributed by atoms with Crippen LogP contribution in [0.4, 0.5) is 0 Å². The fourth-order valence-electron chi connectivity index (χ4n) is 1.93. The molecule has 1 aromatic carbocycles. The Labute approximate surface area is 115 Å². The molecular formula is C16H24OS. The van der Waals surface area contributed by atoms with Crippen LogP contribution in [0.1, 0.15) is 45.7 Å². The smallest absolute Gasteiger partial charge is 0.193 e. The molecule has 1 aromatic rings. The molecule has 0 atom stereocenters. The zero-order valence-corrected chi connectivity index (χ0v) is 12.9. The summed E-state index contributed by atoms with van der Waals surface area (Å²) < 4.78 is 0. The average Bonchev–Trinajstić information content (AvgIpc) is 2.17. The molecule has 1 rings (SSSR count). The lowest BCUT2D eigenvalue weighted by molar-refractivity contribution is -0.110. The molecule has 0 saturated heterocycles. The van der Waals surface area contributed by atoms with Crippen molar-refractivity contribution in [3.8, 4) is 0 Å². The van der Waals surface area contributed by atoms with Gasteiger partial charge < -0.3 is 0 Å². The highest BCUT2D eigenvalue weighted by Crippen LogP contribution is 2.24. The van der Waals surface area contributed by atoms with E-state index in [1.54, 1.807) is 0 Å². The topological polar surface area (TPSA) is 17.1 Å². The highest BCUT2D eigenvalue weighted by molar-refractivity contribution is 8.14. The molecule has 0 aliphatic rings. The second-order valence-corrected chi connectivity index (χ2v) is 7.86. The zero-order valence-electron chi connectivity index (χ0n) is 12.1. The van der Waals surface area contributed by atoms with E-state index in [4.69, 9.17) is 0 Å². The Balaban J connectivity index is 2.79. The second-order valence-electron chi connectivity index (χ2n) is 6.22. The molecule has 0 spiro atoms. The van der Waals surface area contributed by atoms with E-state index >= 15 is 0 Å². The molecule has 0 unspecified atom stereocenters. The van der Waals surface area contributed by atoms with Crippen molar-refractivity contribution in [2.75, 3.05) is 0 Å². The predicted octanol–water partition coefficient (Wildman–Crippen LogP) is 4.49. The molecule has 2 heteroatoms. The van der Waals surface area contributed by atoms with Gasteiger partial charge in [0.2, 0.25) is 0 Å². The quantitative estimate of drug-likeness (QED) is 0.797. The van der Waals surface area contributed by atoms with E-state index in [1.807, 2.05) is 6.07 Å². The molecule has 100 valence electrons. The molecule has 18 heavy (non-hydrogen) atoms. The lowest BCUT2D eigenvalue weighted by atomic mass is 9.86. The molecule has 0 bridgehead atoms. The summed E-state index contributed by atoms with van der Waals surface area (Å²) in [4.78, 5) is 11.9. The lowest BCUT2D eigenvalue weighted by Gasteiger charge is -2.20. The van der Waals surface area contributed by atoms with Crippen LogP contribution in [0.2, 0.25) is 0 Å². The Bertz CT molecular complexity index is 402. The minimum Gasteiger partial charge on any atom is -0.287 e. The van der Waals surface area contributed by atoms with Crippen molar-refractivity contribution in [3.63, 3.8) is 0 Å². The Morgan fingerprint density at radius 1 is 1.17 bits per heavy atom. The van der Waals surface area contributed by atoms with E-state index in [0.29, 0.717) is 11.7 Å². The Hall–Kier alpha value is -0.760.